The zero-order chi connectivity index (χ0) is 23.7. The van der Waals surface area contributed by atoms with E-state index in [-0.39, 0.29) is 13.2 Å². The molecule has 6 N–H and O–H groups in total. The summed E-state index contributed by atoms with van der Waals surface area (Å²) in [7, 11) is 1.65. The average molecular weight is 464 g/mol. The van der Waals surface area contributed by atoms with E-state index in [4.69, 9.17) is 11.6 Å². The molecule has 1 aliphatic heterocycles. The van der Waals surface area contributed by atoms with Crippen LogP contribution in [0.4, 0.5) is 0 Å². The van der Waals surface area contributed by atoms with Crippen molar-refractivity contribution in [2.24, 2.45) is 16.6 Å². The highest BCUT2D eigenvalue weighted by Gasteiger charge is 2.29. The lowest BCUT2D eigenvalue weighted by molar-refractivity contribution is 0.156. The van der Waals surface area contributed by atoms with Gasteiger partial charge in [-0.25, -0.2) is 5.84 Å². The second kappa shape index (κ2) is 13.1. The molecule has 3 atom stereocenters. The molecular weight excluding hydrogens is 422 g/mol. The molecule has 180 valence electrons. The van der Waals surface area contributed by atoms with Crippen LogP contribution in [0.3, 0.4) is 0 Å². The Morgan fingerprint density at radius 1 is 1.47 bits per heavy atom. The minimum Gasteiger partial charge on any atom is -0.400 e. The normalized spacial score (nSPS) is 22.0. The number of thiophene rings is 1. The number of piperidine rings is 1. The second-order valence-corrected chi connectivity index (χ2v) is 9.75. The van der Waals surface area contributed by atoms with Gasteiger partial charge in [-0.15, -0.1) is 11.3 Å². The predicted molar refractivity (Wildman–Crippen MR) is 135 cm³/mol. The van der Waals surface area contributed by atoms with E-state index in [2.05, 4.69) is 29.8 Å². The first-order chi connectivity index (χ1) is 15.3. The van der Waals surface area contributed by atoms with Crippen LogP contribution in [0.1, 0.15) is 54.8 Å². The van der Waals surface area contributed by atoms with Crippen molar-refractivity contribution in [1.82, 2.24) is 9.91 Å². The van der Waals surface area contributed by atoms with Gasteiger partial charge in [0.15, 0.2) is 0 Å². The Bertz CT molecular complexity index is 804. The zero-order valence-electron chi connectivity index (χ0n) is 20.0. The van der Waals surface area contributed by atoms with E-state index in [1.165, 1.54) is 20.3 Å². The number of hydrazine groups is 1. The first-order valence-electron chi connectivity index (χ1n) is 11.5. The lowest BCUT2D eigenvalue weighted by Gasteiger charge is -2.38. The summed E-state index contributed by atoms with van der Waals surface area (Å²) in [5.74, 6) is 6.59. The number of nitrogens with zero attached hydrogens (tertiary/aromatic N) is 3. The van der Waals surface area contributed by atoms with Gasteiger partial charge in [0.1, 0.15) is 6.10 Å². The minimum absolute atomic E-state index is 0.205. The van der Waals surface area contributed by atoms with Gasteiger partial charge in [0.2, 0.25) is 0 Å². The molecule has 2 heterocycles. The molecule has 1 aliphatic rings. The molecule has 0 radical (unpaired) electrons. The fraction of sp³-hybridized carbons (Fsp3) is 0.625. The highest BCUT2D eigenvalue weighted by Crippen LogP contribution is 2.37. The maximum Gasteiger partial charge on any atom is 0.114 e. The maximum absolute atomic E-state index is 10.3. The number of nitrogens with two attached hydrogens (primary N) is 2. The Morgan fingerprint density at radius 3 is 2.81 bits per heavy atom. The molecule has 8 heteroatoms. The molecule has 7 nitrogen and oxygen atoms in total. The van der Waals surface area contributed by atoms with Gasteiger partial charge in [-0.3, -0.25) is 9.89 Å². The molecule has 3 unspecified atom stereocenters. The smallest absolute Gasteiger partial charge is 0.114 e. The molecule has 1 fully saturated rings. The van der Waals surface area contributed by atoms with Gasteiger partial charge in [0.05, 0.1) is 12.3 Å². The number of aryl methyl sites for hydroxylation is 1. The number of likely N-dealkylation sites (tertiary alicyclic amines) is 1. The third-order valence-electron chi connectivity index (χ3n) is 6.07. The standard InChI is InChI=1S/C24H41N5O2S/c1-5-7-22(27-4)23(31)16-29(26)15-19(25)14-28-10-8-18(12-17(28)3)21-13-20(6-2)32-24(21)9-11-30/h5,7,13,15,17-18,23,30-31H,6,8-12,14,16,25-26H2,1-4H3/b7-5-,19-15-,27-22?. The summed E-state index contributed by atoms with van der Waals surface area (Å²) in [6.07, 6.45) is 8.51. The van der Waals surface area contributed by atoms with Crippen molar-refractivity contribution in [3.8, 4) is 0 Å². The topological polar surface area (TPSA) is 111 Å². The van der Waals surface area contributed by atoms with Gasteiger partial charge in [-0.05, 0) is 63.3 Å². The van der Waals surface area contributed by atoms with Crippen LogP contribution in [-0.2, 0) is 12.8 Å². The SMILES string of the molecule is C/C=C\C(=NC)C(O)CN(N)/C=C(\N)CN1CCC(c2cc(CC)sc2CCO)CC1C. The van der Waals surface area contributed by atoms with Gasteiger partial charge in [-0.2, -0.15) is 0 Å². The summed E-state index contributed by atoms with van der Waals surface area (Å²) in [5.41, 5.74) is 8.99. The number of hydrogen-bond donors (Lipinski definition) is 4. The first-order valence-corrected chi connectivity index (χ1v) is 12.4. The van der Waals surface area contributed by atoms with Crippen molar-refractivity contribution in [2.75, 3.05) is 33.3 Å². The summed E-state index contributed by atoms with van der Waals surface area (Å²) < 4.78 is 0. The Labute approximate surface area is 197 Å². The van der Waals surface area contributed by atoms with Gasteiger partial charge in [-0.1, -0.05) is 13.0 Å². The van der Waals surface area contributed by atoms with Crippen molar-refractivity contribution in [1.29, 1.82) is 0 Å². The van der Waals surface area contributed by atoms with Crippen LogP contribution >= 0.6 is 11.3 Å². The lowest BCUT2D eigenvalue weighted by atomic mass is 9.85. The number of rotatable bonds is 11. The van der Waals surface area contributed by atoms with Crippen LogP contribution in [0.5, 0.6) is 0 Å². The van der Waals surface area contributed by atoms with E-state index in [9.17, 15) is 10.2 Å². The highest BCUT2D eigenvalue weighted by atomic mass is 32.1. The van der Waals surface area contributed by atoms with Crippen LogP contribution in [0.2, 0.25) is 0 Å². The summed E-state index contributed by atoms with van der Waals surface area (Å²) in [6, 6.07) is 2.76. The maximum atomic E-state index is 10.3. The van der Waals surface area contributed by atoms with Crippen LogP contribution in [-0.4, -0.2) is 71.3 Å². The molecule has 1 aromatic heterocycles. The number of aliphatic imine (C=N–C) groups is 1. The molecule has 1 aromatic rings. The molecule has 0 saturated carbocycles. The Balaban J connectivity index is 1.95. The van der Waals surface area contributed by atoms with Crippen molar-refractivity contribution >= 4 is 17.0 Å². The van der Waals surface area contributed by atoms with E-state index in [0.29, 0.717) is 29.9 Å². The van der Waals surface area contributed by atoms with Gasteiger partial charge in [0, 0.05) is 54.3 Å². The van der Waals surface area contributed by atoms with E-state index in [0.717, 1.165) is 32.2 Å². The molecule has 0 spiro atoms. The van der Waals surface area contributed by atoms with Crippen LogP contribution in [0.15, 0.2) is 35.1 Å². The average Bonchev–Trinajstić information content (AvgIpc) is 3.16. The summed E-state index contributed by atoms with van der Waals surface area (Å²) >= 11 is 1.85. The highest BCUT2D eigenvalue weighted by molar-refractivity contribution is 7.12. The molecule has 0 aliphatic carbocycles. The fourth-order valence-electron chi connectivity index (χ4n) is 4.39. The molecule has 0 amide bonds. The molecule has 32 heavy (non-hydrogen) atoms. The number of aliphatic hydroxyl groups excluding tert-OH is 2. The summed E-state index contributed by atoms with van der Waals surface area (Å²) in [5, 5.41) is 21.2. The Kier molecular flexibility index (Phi) is 10.9. The molecule has 1 saturated heterocycles. The van der Waals surface area contributed by atoms with E-state index < -0.39 is 6.10 Å². The second-order valence-electron chi connectivity index (χ2n) is 8.52. The Hall–Kier alpha value is -1.71. The van der Waals surface area contributed by atoms with E-state index in [1.54, 1.807) is 19.3 Å². The van der Waals surface area contributed by atoms with Gasteiger partial charge >= 0.3 is 0 Å². The largest absolute Gasteiger partial charge is 0.400 e. The van der Waals surface area contributed by atoms with E-state index in [1.807, 2.05) is 24.3 Å². The van der Waals surface area contributed by atoms with E-state index >= 15 is 0 Å². The molecular formula is C24H41N5O2S. The molecule has 2 rings (SSSR count). The minimum atomic E-state index is -0.772. The third-order valence-corrected chi connectivity index (χ3v) is 7.43. The number of hydrogen-bond acceptors (Lipinski definition) is 8. The molecule has 0 aromatic carbocycles. The van der Waals surface area contributed by atoms with Crippen LogP contribution in [0, 0.1) is 0 Å². The number of allylic oxidation sites excluding steroid dienone is 1. The first kappa shape index (κ1) is 26.5. The fourth-order valence-corrected chi connectivity index (χ4v) is 5.58. The van der Waals surface area contributed by atoms with Crippen molar-refractivity contribution < 1.29 is 10.2 Å². The van der Waals surface area contributed by atoms with Crippen molar-refractivity contribution in [3.63, 3.8) is 0 Å². The van der Waals surface area contributed by atoms with Crippen molar-refractivity contribution in [2.45, 2.75) is 64.5 Å². The summed E-state index contributed by atoms with van der Waals surface area (Å²) in [4.78, 5) is 9.24. The Morgan fingerprint density at radius 2 is 2.22 bits per heavy atom. The third kappa shape index (κ3) is 7.42. The summed E-state index contributed by atoms with van der Waals surface area (Å²) in [6.45, 7) is 8.37. The van der Waals surface area contributed by atoms with Gasteiger partial charge < -0.3 is 21.0 Å². The molecule has 0 bridgehead atoms. The zero-order valence-corrected chi connectivity index (χ0v) is 20.8. The quantitative estimate of drug-likeness (QED) is 0.228. The predicted octanol–water partition coefficient (Wildman–Crippen LogP) is 2.40. The van der Waals surface area contributed by atoms with Crippen molar-refractivity contribution in [3.05, 3.63) is 45.4 Å². The number of aliphatic hydroxyl groups is 2. The van der Waals surface area contributed by atoms with Crippen LogP contribution in [0.25, 0.3) is 0 Å². The lowest BCUT2D eigenvalue weighted by Crippen LogP contribution is -2.43. The van der Waals surface area contributed by atoms with Gasteiger partial charge in [0.25, 0.3) is 0 Å². The monoisotopic (exact) mass is 463 g/mol. The van der Waals surface area contributed by atoms with Crippen LogP contribution < -0.4 is 11.6 Å².